The van der Waals surface area contributed by atoms with E-state index in [0.29, 0.717) is 19.6 Å². The molecule has 2 N–H and O–H groups in total. The summed E-state index contributed by atoms with van der Waals surface area (Å²) in [5.41, 5.74) is 0.913. The van der Waals surface area contributed by atoms with E-state index in [4.69, 9.17) is 19.3 Å². The molecular weight excluding hydrogens is 322 g/mol. The molecule has 1 aromatic rings. The van der Waals surface area contributed by atoms with Crippen LogP contribution in [0.15, 0.2) is 24.3 Å². The lowest BCUT2D eigenvalue weighted by Crippen LogP contribution is -2.26. The van der Waals surface area contributed by atoms with Crippen molar-refractivity contribution < 1.29 is 24.1 Å². The quantitative estimate of drug-likeness (QED) is 0.472. The van der Waals surface area contributed by atoms with Crippen LogP contribution in [0.5, 0.6) is 5.75 Å². The number of benzene rings is 1. The summed E-state index contributed by atoms with van der Waals surface area (Å²) < 4.78 is 16.3. The molecular formula is C19H31NO5. The Bertz CT molecular complexity index is 463. The lowest BCUT2D eigenvalue weighted by Gasteiger charge is -2.13. The molecule has 1 aromatic carbocycles. The lowest BCUT2D eigenvalue weighted by molar-refractivity contribution is -0.149. The Morgan fingerprint density at radius 1 is 1.12 bits per heavy atom. The SMILES string of the molecule is CCCCOCCNCCOc1ccc(CC(OCC)C(=O)O)cc1. The van der Waals surface area contributed by atoms with E-state index in [-0.39, 0.29) is 0 Å². The average Bonchev–Trinajstić information content (AvgIpc) is 2.61. The Morgan fingerprint density at radius 3 is 2.48 bits per heavy atom. The van der Waals surface area contributed by atoms with Gasteiger partial charge in [-0.25, -0.2) is 4.79 Å². The van der Waals surface area contributed by atoms with E-state index in [1.807, 2.05) is 24.3 Å². The van der Waals surface area contributed by atoms with E-state index < -0.39 is 12.1 Å². The van der Waals surface area contributed by atoms with Crippen molar-refractivity contribution in [1.82, 2.24) is 5.32 Å². The number of nitrogens with one attached hydrogen (secondary N) is 1. The second kappa shape index (κ2) is 13.6. The molecule has 6 nitrogen and oxygen atoms in total. The highest BCUT2D eigenvalue weighted by atomic mass is 16.5. The number of hydrogen-bond donors (Lipinski definition) is 2. The molecule has 0 fully saturated rings. The number of ether oxygens (including phenoxy) is 3. The van der Waals surface area contributed by atoms with E-state index in [1.54, 1.807) is 6.92 Å². The number of rotatable bonds is 15. The van der Waals surface area contributed by atoms with Crippen LogP contribution >= 0.6 is 0 Å². The Labute approximate surface area is 150 Å². The largest absolute Gasteiger partial charge is 0.492 e. The van der Waals surface area contributed by atoms with Crippen molar-refractivity contribution in [1.29, 1.82) is 0 Å². The van der Waals surface area contributed by atoms with Crippen LogP contribution in [-0.2, 0) is 20.7 Å². The molecule has 1 atom stereocenters. The Kier molecular flexibility index (Phi) is 11.7. The number of unbranched alkanes of at least 4 members (excludes halogenated alkanes) is 1. The highest BCUT2D eigenvalue weighted by Gasteiger charge is 2.17. The number of hydrogen-bond acceptors (Lipinski definition) is 5. The fraction of sp³-hybridized carbons (Fsp3) is 0.632. The van der Waals surface area contributed by atoms with Gasteiger partial charge in [-0.3, -0.25) is 0 Å². The van der Waals surface area contributed by atoms with Gasteiger partial charge in [0.15, 0.2) is 6.10 Å². The maximum atomic E-state index is 11.1. The summed E-state index contributed by atoms with van der Waals surface area (Å²) in [5.74, 6) is -0.167. The van der Waals surface area contributed by atoms with Gasteiger partial charge in [0.25, 0.3) is 0 Å². The van der Waals surface area contributed by atoms with Crippen LogP contribution in [0.3, 0.4) is 0 Å². The molecule has 142 valence electrons. The van der Waals surface area contributed by atoms with Gasteiger partial charge in [-0.05, 0) is 31.0 Å². The number of carboxylic acid groups (broad SMARTS) is 1. The molecule has 0 saturated carbocycles. The van der Waals surface area contributed by atoms with Crippen LogP contribution in [0, 0.1) is 0 Å². The van der Waals surface area contributed by atoms with Crippen LogP contribution in [0.1, 0.15) is 32.3 Å². The van der Waals surface area contributed by atoms with Gasteiger partial charge in [0.05, 0.1) is 6.61 Å². The van der Waals surface area contributed by atoms with Crippen molar-refractivity contribution in [2.24, 2.45) is 0 Å². The smallest absolute Gasteiger partial charge is 0.333 e. The first-order chi connectivity index (χ1) is 12.2. The molecule has 1 rings (SSSR count). The van der Waals surface area contributed by atoms with Gasteiger partial charge in [0, 0.05) is 32.7 Å². The maximum absolute atomic E-state index is 11.1. The highest BCUT2D eigenvalue weighted by molar-refractivity contribution is 5.72. The fourth-order valence-corrected chi connectivity index (χ4v) is 2.21. The lowest BCUT2D eigenvalue weighted by atomic mass is 10.1. The Hall–Kier alpha value is -1.63. The molecule has 0 aliphatic heterocycles. The number of carboxylic acids is 1. The highest BCUT2D eigenvalue weighted by Crippen LogP contribution is 2.14. The van der Waals surface area contributed by atoms with E-state index in [9.17, 15) is 4.79 Å². The van der Waals surface area contributed by atoms with Gasteiger partial charge in [-0.15, -0.1) is 0 Å². The fourth-order valence-electron chi connectivity index (χ4n) is 2.21. The average molecular weight is 353 g/mol. The molecule has 0 saturated heterocycles. The van der Waals surface area contributed by atoms with Crippen molar-refractivity contribution in [2.75, 3.05) is 39.5 Å². The zero-order chi connectivity index (χ0) is 18.3. The molecule has 1 unspecified atom stereocenters. The third-order valence-corrected chi connectivity index (χ3v) is 3.60. The van der Waals surface area contributed by atoms with Gasteiger partial charge < -0.3 is 24.6 Å². The molecule has 0 aliphatic carbocycles. The molecule has 0 amide bonds. The van der Waals surface area contributed by atoms with Crippen LogP contribution < -0.4 is 10.1 Å². The molecule has 25 heavy (non-hydrogen) atoms. The predicted octanol–water partition coefficient (Wildman–Crippen LogP) is 2.50. The van der Waals surface area contributed by atoms with Crippen LogP contribution in [0.4, 0.5) is 0 Å². The van der Waals surface area contributed by atoms with Gasteiger partial charge in [0.1, 0.15) is 12.4 Å². The minimum Gasteiger partial charge on any atom is -0.492 e. The number of aliphatic carboxylic acids is 1. The summed E-state index contributed by atoms with van der Waals surface area (Å²) in [6.07, 6.45) is 1.81. The minimum absolute atomic E-state index is 0.350. The third kappa shape index (κ3) is 10.1. The second-order valence-corrected chi connectivity index (χ2v) is 5.69. The zero-order valence-corrected chi connectivity index (χ0v) is 15.3. The van der Waals surface area contributed by atoms with Gasteiger partial charge in [-0.1, -0.05) is 25.5 Å². The summed E-state index contributed by atoms with van der Waals surface area (Å²) >= 11 is 0. The third-order valence-electron chi connectivity index (χ3n) is 3.60. The second-order valence-electron chi connectivity index (χ2n) is 5.69. The van der Waals surface area contributed by atoms with Crippen LogP contribution in [0.2, 0.25) is 0 Å². The number of carbonyl (C=O) groups is 1. The van der Waals surface area contributed by atoms with Crippen LogP contribution in [-0.4, -0.2) is 56.7 Å². The molecule has 0 heterocycles. The summed E-state index contributed by atoms with van der Waals surface area (Å²) in [6, 6.07) is 7.46. The molecule has 0 radical (unpaired) electrons. The van der Waals surface area contributed by atoms with E-state index in [2.05, 4.69) is 12.2 Å². The molecule has 6 heteroatoms. The summed E-state index contributed by atoms with van der Waals surface area (Å²) in [5, 5.41) is 12.4. The van der Waals surface area contributed by atoms with E-state index >= 15 is 0 Å². The molecule has 0 bridgehead atoms. The van der Waals surface area contributed by atoms with E-state index in [0.717, 1.165) is 50.5 Å². The summed E-state index contributed by atoms with van der Waals surface area (Å²) in [6.45, 7) is 8.02. The first kappa shape index (κ1) is 21.4. The Balaban J connectivity index is 2.18. The van der Waals surface area contributed by atoms with Gasteiger partial charge >= 0.3 is 5.97 Å². The van der Waals surface area contributed by atoms with E-state index in [1.165, 1.54) is 0 Å². The maximum Gasteiger partial charge on any atom is 0.333 e. The first-order valence-electron chi connectivity index (χ1n) is 9.02. The molecule has 0 aromatic heterocycles. The summed E-state index contributed by atoms with van der Waals surface area (Å²) in [4.78, 5) is 11.1. The summed E-state index contributed by atoms with van der Waals surface area (Å²) in [7, 11) is 0. The van der Waals surface area contributed by atoms with Crippen molar-refractivity contribution >= 4 is 5.97 Å². The zero-order valence-electron chi connectivity index (χ0n) is 15.3. The van der Waals surface area contributed by atoms with Crippen molar-refractivity contribution in [3.05, 3.63) is 29.8 Å². The van der Waals surface area contributed by atoms with Crippen LogP contribution in [0.25, 0.3) is 0 Å². The standard InChI is InChI=1S/C19H31NO5/c1-3-5-12-23-13-10-20-11-14-25-17-8-6-16(7-9-17)15-18(19(21)22)24-4-2/h6-9,18,20H,3-5,10-15H2,1-2H3,(H,21,22). The van der Waals surface area contributed by atoms with Gasteiger partial charge in [-0.2, -0.15) is 0 Å². The van der Waals surface area contributed by atoms with Crippen molar-refractivity contribution in [3.8, 4) is 5.75 Å². The Morgan fingerprint density at radius 2 is 1.84 bits per heavy atom. The van der Waals surface area contributed by atoms with Crippen molar-refractivity contribution in [2.45, 2.75) is 39.2 Å². The first-order valence-corrected chi connectivity index (χ1v) is 9.02. The minimum atomic E-state index is -0.938. The molecule has 0 spiro atoms. The normalized spacial score (nSPS) is 12.1. The predicted molar refractivity (Wildman–Crippen MR) is 97.3 cm³/mol. The van der Waals surface area contributed by atoms with Crippen molar-refractivity contribution in [3.63, 3.8) is 0 Å². The molecule has 0 aliphatic rings. The monoisotopic (exact) mass is 353 g/mol. The van der Waals surface area contributed by atoms with Gasteiger partial charge in [0.2, 0.25) is 0 Å². The topological polar surface area (TPSA) is 77.0 Å².